The van der Waals surface area contributed by atoms with Crippen molar-refractivity contribution in [3.05, 3.63) is 10.6 Å². The first-order valence-corrected chi connectivity index (χ1v) is 5.19. The van der Waals surface area contributed by atoms with Gasteiger partial charge in [-0.1, -0.05) is 11.3 Å². The number of hydrogen-bond donors (Lipinski definition) is 0. The summed E-state index contributed by atoms with van der Waals surface area (Å²) in [6.07, 6.45) is 0. The van der Waals surface area contributed by atoms with Crippen LogP contribution in [0.1, 0.15) is 29.2 Å². The smallest absolute Gasteiger partial charge is 0.358 e. The van der Waals surface area contributed by atoms with Gasteiger partial charge in [-0.05, 0) is 13.8 Å². The van der Waals surface area contributed by atoms with Gasteiger partial charge in [0.15, 0.2) is 5.69 Å². The number of nitrogens with zero attached hydrogens (tertiary/aromatic N) is 1. The molecule has 1 aromatic rings. The van der Waals surface area contributed by atoms with Gasteiger partial charge in [0.2, 0.25) is 0 Å². The zero-order valence-electron chi connectivity index (χ0n) is 8.70. The number of thiazole rings is 1. The molecule has 0 radical (unpaired) electrons. The second kappa shape index (κ2) is 4.88. The summed E-state index contributed by atoms with van der Waals surface area (Å²) < 4.78 is 9.56. The molecular weight excluding hydrogens is 218 g/mol. The molecule has 0 N–H and O–H groups in total. The third-order valence-corrected chi connectivity index (χ3v) is 2.33. The molecule has 1 aromatic heterocycles. The summed E-state index contributed by atoms with van der Waals surface area (Å²) in [6.45, 7) is 5.00. The molecule has 0 aromatic carbocycles. The minimum atomic E-state index is -0.496. The van der Waals surface area contributed by atoms with Crippen LogP contribution in [0.25, 0.3) is 0 Å². The highest BCUT2D eigenvalue weighted by Crippen LogP contribution is 2.24. The van der Waals surface area contributed by atoms with Crippen LogP contribution in [0.4, 0.5) is 0 Å². The van der Waals surface area contributed by atoms with Crippen LogP contribution in [0.5, 0.6) is 5.19 Å². The quantitative estimate of drug-likeness (QED) is 0.736. The van der Waals surface area contributed by atoms with Crippen molar-refractivity contribution in [3.8, 4) is 5.19 Å². The molecule has 15 heavy (non-hydrogen) atoms. The van der Waals surface area contributed by atoms with E-state index in [4.69, 9.17) is 9.47 Å². The summed E-state index contributed by atoms with van der Waals surface area (Å²) in [5.74, 6) is -0.955. The lowest BCUT2D eigenvalue weighted by atomic mass is 10.4. The lowest BCUT2D eigenvalue weighted by Crippen LogP contribution is -2.07. The fourth-order valence-corrected chi connectivity index (χ4v) is 1.71. The number of esters is 2. The van der Waals surface area contributed by atoms with Gasteiger partial charge < -0.3 is 9.47 Å². The molecule has 6 heteroatoms. The summed E-state index contributed by atoms with van der Waals surface area (Å²) in [4.78, 5) is 26.5. The fraction of sp³-hybridized carbons (Fsp3) is 0.444. The molecule has 0 aliphatic rings. The maximum absolute atomic E-state index is 11.3. The zero-order valence-corrected chi connectivity index (χ0v) is 9.51. The third-order valence-electron chi connectivity index (χ3n) is 1.48. The standard InChI is InChI=1S/C9H11NO4S/c1-4-13-8(12)7-5(2)15-9(10-7)14-6(3)11/h4H2,1-3H3. The normalized spacial score (nSPS) is 9.80. The average molecular weight is 229 g/mol. The van der Waals surface area contributed by atoms with Crippen LogP contribution >= 0.6 is 11.3 Å². The number of ether oxygens (including phenoxy) is 2. The number of hydrogen-bond acceptors (Lipinski definition) is 6. The number of rotatable bonds is 3. The van der Waals surface area contributed by atoms with E-state index in [1.807, 2.05) is 0 Å². The molecular formula is C9H11NO4S. The van der Waals surface area contributed by atoms with E-state index >= 15 is 0 Å². The van der Waals surface area contributed by atoms with E-state index in [2.05, 4.69) is 4.98 Å². The Labute approximate surface area is 91.0 Å². The second-order valence-corrected chi connectivity index (χ2v) is 3.86. The molecule has 1 rings (SSSR count). The largest absolute Gasteiger partial charge is 0.461 e. The minimum Gasteiger partial charge on any atom is -0.461 e. The molecule has 0 unspecified atom stereocenters. The fourth-order valence-electron chi connectivity index (χ4n) is 0.928. The van der Waals surface area contributed by atoms with Gasteiger partial charge in [0.25, 0.3) is 5.19 Å². The van der Waals surface area contributed by atoms with Gasteiger partial charge in [0, 0.05) is 11.8 Å². The Kier molecular flexibility index (Phi) is 3.79. The Morgan fingerprint density at radius 3 is 2.67 bits per heavy atom. The highest BCUT2D eigenvalue weighted by Gasteiger charge is 2.17. The van der Waals surface area contributed by atoms with Crippen molar-refractivity contribution in [2.45, 2.75) is 20.8 Å². The van der Waals surface area contributed by atoms with E-state index in [0.717, 1.165) is 11.3 Å². The van der Waals surface area contributed by atoms with Crippen molar-refractivity contribution >= 4 is 23.3 Å². The molecule has 0 aliphatic heterocycles. The van der Waals surface area contributed by atoms with E-state index in [0.29, 0.717) is 11.5 Å². The first-order chi connectivity index (χ1) is 7.04. The topological polar surface area (TPSA) is 65.5 Å². The summed E-state index contributed by atoms with van der Waals surface area (Å²) in [5.41, 5.74) is 0.207. The van der Waals surface area contributed by atoms with Crippen LogP contribution in [-0.2, 0) is 9.53 Å². The molecule has 0 atom stereocenters. The second-order valence-electron chi connectivity index (χ2n) is 2.70. The predicted octanol–water partition coefficient (Wildman–Crippen LogP) is 1.55. The Morgan fingerprint density at radius 1 is 1.47 bits per heavy atom. The highest BCUT2D eigenvalue weighted by atomic mass is 32.1. The molecule has 0 aliphatic carbocycles. The Balaban J connectivity index is 2.86. The molecule has 5 nitrogen and oxygen atoms in total. The van der Waals surface area contributed by atoms with Crippen LogP contribution in [0.15, 0.2) is 0 Å². The van der Waals surface area contributed by atoms with E-state index in [1.165, 1.54) is 6.92 Å². The van der Waals surface area contributed by atoms with Crippen molar-refractivity contribution in [2.24, 2.45) is 0 Å². The number of carbonyl (C=O) groups is 2. The van der Waals surface area contributed by atoms with Gasteiger partial charge in [0.1, 0.15) is 0 Å². The highest BCUT2D eigenvalue weighted by molar-refractivity contribution is 7.13. The van der Waals surface area contributed by atoms with E-state index in [-0.39, 0.29) is 10.9 Å². The zero-order chi connectivity index (χ0) is 11.4. The summed E-state index contributed by atoms with van der Waals surface area (Å²) >= 11 is 1.14. The lowest BCUT2D eigenvalue weighted by molar-refractivity contribution is -0.131. The van der Waals surface area contributed by atoms with Gasteiger partial charge in [-0.25, -0.2) is 4.79 Å². The lowest BCUT2D eigenvalue weighted by Gasteiger charge is -1.97. The van der Waals surface area contributed by atoms with Crippen LogP contribution in [0.3, 0.4) is 0 Å². The van der Waals surface area contributed by atoms with Gasteiger partial charge in [-0.2, -0.15) is 4.98 Å². The van der Waals surface area contributed by atoms with Crippen molar-refractivity contribution in [1.82, 2.24) is 4.98 Å². The van der Waals surface area contributed by atoms with Crippen LogP contribution in [-0.4, -0.2) is 23.5 Å². The molecule has 1 heterocycles. The van der Waals surface area contributed by atoms with Crippen molar-refractivity contribution in [3.63, 3.8) is 0 Å². The molecule has 0 bridgehead atoms. The van der Waals surface area contributed by atoms with Crippen molar-refractivity contribution < 1.29 is 19.1 Å². The Hall–Kier alpha value is -1.43. The summed E-state index contributed by atoms with van der Waals surface area (Å²) in [6, 6.07) is 0. The summed E-state index contributed by atoms with van der Waals surface area (Å²) in [5, 5.41) is 0.169. The number of aromatic nitrogens is 1. The predicted molar refractivity (Wildman–Crippen MR) is 54.1 cm³/mol. The Bertz CT molecular complexity index is 385. The molecule has 82 valence electrons. The molecule has 0 saturated carbocycles. The van der Waals surface area contributed by atoms with Crippen LogP contribution < -0.4 is 4.74 Å². The van der Waals surface area contributed by atoms with Gasteiger partial charge in [0.05, 0.1) is 6.61 Å². The monoisotopic (exact) mass is 229 g/mol. The van der Waals surface area contributed by atoms with Gasteiger partial charge in [-0.15, -0.1) is 0 Å². The maximum Gasteiger partial charge on any atom is 0.358 e. The molecule has 0 amide bonds. The van der Waals surface area contributed by atoms with Crippen molar-refractivity contribution in [2.75, 3.05) is 6.61 Å². The van der Waals surface area contributed by atoms with Crippen LogP contribution in [0, 0.1) is 6.92 Å². The Morgan fingerprint density at radius 2 is 2.13 bits per heavy atom. The number of aryl methyl sites for hydroxylation is 1. The minimum absolute atomic E-state index is 0.169. The molecule has 0 saturated heterocycles. The first kappa shape index (κ1) is 11.6. The molecule has 0 fully saturated rings. The van der Waals surface area contributed by atoms with Crippen LogP contribution in [0.2, 0.25) is 0 Å². The maximum atomic E-state index is 11.3. The average Bonchev–Trinajstić information content (AvgIpc) is 2.46. The summed E-state index contributed by atoms with van der Waals surface area (Å²) in [7, 11) is 0. The third kappa shape index (κ3) is 3.02. The van der Waals surface area contributed by atoms with Crippen molar-refractivity contribution in [1.29, 1.82) is 0 Å². The van der Waals surface area contributed by atoms with E-state index in [1.54, 1.807) is 13.8 Å². The van der Waals surface area contributed by atoms with E-state index < -0.39 is 11.9 Å². The SMILES string of the molecule is CCOC(=O)c1nc(OC(C)=O)sc1C. The number of carbonyl (C=O) groups excluding carboxylic acids is 2. The first-order valence-electron chi connectivity index (χ1n) is 4.37. The van der Waals surface area contributed by atoms with Gasteiger partial charge in [-0.3, -0.25) is 4.79 Å². The van der Waals surface area contributed by atoms with Gasteiger partial charge >= 0.3 is 11.9 Å². The van der Waals surface area contributed by atoms with E-state index in [9.17, 15) is 9.59 Å². The molecule has 0 spiro atoms.